The highest BCUT2D eigenvalue weighted by Gasteiger charge is 2.06. The van der Waals surface area contributed by atoms with E-state index in [1.807, 2.05) is 36.5 Å². The van der Waals surface area contributed by atoms with Crippen LogP contribution in [0.4, 0.5) is 5.69 Å². The van der Waals surface area contributed by atoms with E-state index >= 15 is 0 Å². The number of anilines is 1. The van der Waals surface area contributed by atoms with E-state index in [4.69, 9.17) is 15.7 Å². The second-order valence-corrected chi connectivity index (χ2v) is 4.91. The molecule has 0 bridgehead atoms. The molecule has 4 heteroatoms. The van der Waals surface area contributed by atoms with E-state index in [2.05, 4.69) is 16.7 Å². The molecule has 2 aromatic carbocycles. The van der Waals surface area contributed by atoms with Crippen LogP contribution in [0, 0.1) is 11.3 Å². The smallest absolute Gasteiger partial charge is 0.136 e. The molecule has 21 heavy (non-hydrogen) atoms. The number of nitrogens with two attached hydrogens (primary N) is 1. The molecule has 0 aliphatic rings. The molecule has 0 fully saturated rings. The van der Waals surface area contributed by atoms with Crippen molar-refractivity contribution in [3.63, 3.8) is 0 Å². The van der Waals surface area contributed by atoms with Gasteiger partial charge in [-0.1, -0.05) is 12.1 Å². The maximum atomic E-state index is 9.02. The van der Waals surface area contributed by atoms with Crippen molar-refractivity contribution in [1.82, 2.24) is 4.57 Å². The van der Waals surface area contributed by atoms with Gasteiger partial charge in [-0.05, 0) is 41.3 Å². The highest BCUT2D eigenvalue weighted by Crippen LogP contribution is 2.23. The van der Waals surface area contributed by atoms with Crippen molar-refractivity contribution >= 4 is 16.6 Å². The summed E-state index contributed by atoms with van der Waals surface area (Å²) in [6.07, 6.45) is 2.04. The molecule has 4 nitrogen and oxygen atoms in total. The number of nitrogen functional groups attached to an aromatic ring is 1. The molecule has 3 aromatic rings. The number of aromatic nitrogens is 1. The van der Waals surface area contributed by atoms with E-state index in [0.717, 1.165) is 22.2 Å². The zero-order valence-electron chi connectivity index (χ0n) is 11.7. The zero-order chi connectivity index (χ0) is 14.8. The molecule has 0 radical (unpaired) electrons. The van der Waals surface area contributed by atoms with Gasteiger partial charge in [0.1, 0.15) is 11.8 Å². The van der Waals surface area contributed by atoms with E-state index in [1.165, 1.54) is 0 Å². The van der Waals surface area contributed by atoms with Gasteiger partial charge in [-0.25, -0.2) is 0 Å². The van der Waals surface area contributed by atoms with Gasteiger partial charge in [-0.2, -0.15) is 5.26 Å². The molecule has 3 rings (SSSR count). The molecule has 1 heterocycles. The molecular weight excluding hydrogens is 262 g/mol. The second kappa shape index (κ2) is 5.22. The Bertz CT molecular complexity index is 843. The molecule has 0 spiro atoms. The number of methoxy groups -OCH3 is 1. The molecule has 1 aromatic heterocycles. The standard InChI is InChI=1S/C17H15N3O/c1-21-17-8-12(2-3-14(17)10-18)11-20-7-6-13-4-5-15(19)9-16(13)20/h2-9H,11,19H2,1H3. The molecule has 0 atom stereocenters. The molecule has 0 saturated heterocycles. The number of fused-ring (bicyclic) bond motifs is 1. The fourth-order valence-corrected chi connectivity index (χ4v) is 2.46. The van der Waals surface area contributed by atoms with Gasteiger partial charge in [-0.15, -0.1) is 0 Å². The summed E-state index contributed by atoms with van der Waals surface area (Å²) >= 11 is 0. The highest BCUT2D eigenvalue weighted by atomic mass is 16.5. The van der Waals surface area contributed by atoms with Gasteiger partial charge in [0.2, 0.25) is 0 Å². The Morgan fingerprint density at radius 2 is 2.05 bits per heavy atom. The third-order valence-electron chi connectivity index (χ3n) is 3.54. The van der Waals surface area contributed by atoms with E-state index in [-0.39, 0.29) is 0 Å². The summed E-state index contributed by atoms with van der Waals surface area (Å²) in [5.74, 6) is 0.603. The van der Waals surface area contributed by atoms with Crippen LogP contribution in [-0.4, -0.2) is 11.7 Å². The van der Waals surface area contributed by atoms with Crippen molar-refractivity contribution in [2.24, 2.45) is 0 Å². The maximum Gasteiger partial charge on any atom is 0.136 e. The summed E-state index contributed by atoms with van der Waals surface area (Å²) in [4.78, 5) is 0. The van der Waals surface area contributed by atoms with Crippen LogP contribution in [0.2, 0.25) is 0 Å². The zero-order valence-corrected chi connectivity index (χ0v) is 11.7. The number of nitrogens with zero attached hydrogens (tertiary/aromatic N) is 2. The summed E-state index contributed by atoms with van der Waals surface area (Å²) in [7, 11) is 1.58. The second-order valence-electron chi connectivity index (χ2n) is 4.91. The third-order valence-corrected chi connectivity index (χ3v) is 3.54. The number of rotatable bonds is 3. The van der Waals surface area contributed by atoms with Gasteiger partial charge in [0.05, 0.1) is 18.2 Å². The molecule has 0 aliphatic heterocycles. The fourth-order valence-electron chi connectivity index (χ4n) is 2.46. The van der Waals surface area contributed by atoms with Crippen molar-refractivity contribution in [3.8, 4) is 11.8 Å². The minimum atomic E-state index is 0.544. The monoisotopic (exact) mass is 277 g/mol. The Labute approximate surface area is 123 Å². The predicted molar refractivity (Wildman–Crippen MR) is 83.2 cm³/mol. The van der Waals surface area contributed by atoms with Gasteiger partial charge in [0.25, 0.3) is 0 Å². The van der Waals surface area contributed by atoms with E-state index in [9.17, 15) is 0 Å². The lowest BCUT2D eigenvalue weighted by atomic mass is 10.1. The first-order valence-corrected chi connectivity index (χ1v) is 6.62. The molecular formula is C17H15N3O. The van der Waals surface area contributed by atoms with E-state index in [1.54, 1.807) is 13.2 Å². The summed E-state index contributed by atoms with van der Waals surface area (Å²) in [6, 6.07) is 15.7. The number of ether oxygens (including phenoxy) is 1. The first-order valence-electron chi connectivity index (χ1n) is 6.62. The normalized spacial score (nSPS) is 10.5. The van der Waals surface area contributed by atoms with E-state index in [0.29, 0.717) is 17.9 Å². The van der Waals surface area contributed by atoms with Crippen molar-refractivity contribution in [3.05, 3.63) is 59.8 Å². The first-order chi connectivity index (χ1) is 10.2. The van der Waals surface area contributed by atoms with Crippen LogP contribution >= 0.6 is 0 Å². The van der Waals surface area contributed by atoms with Crippen LogP contribution in [-0.2, 0) is 6.54 Å². The lowest BCUT2D eigenvalue weighted by Crippen LogP contribution is -1.99. The SMILES string of the molecule is COc1cc(Cn2ccc3ccc(N)cc32)ccc1C#N. The highest BCUT2D eigenvalue weighted by molar-refractivity contribution is 5.83. The van der Waals surface area contributed by atoms with Crippen molar-refractivity contribution < 1.29 is 4.74 Å². The fraction of sp³-hybridized carbons (Fsp3) is 0.118. The molecule has 2 N–H and O–H groups in total. The summed E-state index contributed by atoms with van der Waals surface area (Å²) in [5, 5.41) is 10.2. The summed E-state index contributed by atoms with van der Waals surface area (Å²) in [6.45, 7) is 0.703. The van der Waals surface area contributed by atoms with Gasteiger partial charge in [-0.3, -0.25) is 0 Å². The van der Waals surface area contributed by atoms with Crippen LogP contribution in [0.3, 0.4) is 0 Å². The Morgan fingerprint density at radius 3 is 2.81 bits per heavy atom. The van der Waals surface area contributed by atoms with Crippen molar-refractivity contribution in [1.29, 1.82) is 5.26 Å². The number of benzene rings is 2. The summed E-state index contributed by atoms with van der Waals surface area (Å²) in [5.41, 5.74) is 9.32. The van der Waals surface area contributed by atoms with Crippen molar-refractivity contribution in [2.75, 3.05) is 12.8 Å². The summed E-state index contributed by atoms with van der Waals surface area (Å²) < 4.78 is 7.38. The quantitative estimate of drug-likeness (QED) is 0.748. The van der Waals surface area contributed by atoms with Crippen LogP contribution in [0.5, 0.6) is 5.75 Å². The number of nitriles is 1. The molecule has 0 unspecified atom stereocenters. The van der Waals surface area contributed by atoms with Gasteiger partial charge < -0.3 is 15.0 Å². The third kappa shape index (κ3) is 2.41. The molecule has 0 aliphatic carbocycles. The molecule has 0 amide bonds. The molecule has 0 saturated carbocycles. The van der Waals surface area contributed by atoms with E-state index < -0.39 is 0 Å². The van der Waals surface area contributed by atoms with Gasteiger partial charge in [0.15, 0.2) is 0 Å². The van der Waals surface area contributed by atoms with Gasteiger partial charge >= 0.3 is 0 Å². The predicted octanol–water partition coefficient (Wildman–Crippen LogP) is 3.15. The average Bonchev–Trinajstić information content (AvgIpc) is 2.89. The Hall–Kier alpha value is -2.93. The van der Waals surface area contributed by atoms with Crippen LogP contribution in [0.1, 0.15) is 11.1 Å². The largest absolute Gasteiger partial charge is 0.495 e. The lowest BCUT2D eigenvalue weighted by molar-refractivity contribution is 0.413. The van der Waals surface area contributed by atoms with Gasteiger partial charge in [0, 0.05) is 18.4 Å². The number of hydrogen-bond donors (Lipinski definition) is 1. The van der Waals surface area contributed by atoms with Crippen molar-refractivity contribution in [2.45, 2.75) is 6.54 Å². The van der Waals surface area contributed by atoms with Crippen LogP contribution < -0.4 is 10.5 Å². The minimum Gasteiger partial charge on any atom is -0.495 e. The van der Waals surface area contributed by atoms with Crippen LogP contribution in [0.25, 0.3) is 10.9 Å². The first kappa shape index (κ1) is 13.1. The lowest BCUT2D eigenvalue weighted by Gasteiger charge is -2.09. The topological polar surface area (TPSA) is 64.0 Å². The average molecular weight is 277 g/mol. The Kier molecular flexibility index (Phi) is 3.25. The minimum absolute atomic E-state index is 0.544. The maximum absolute atomic E-state index is 9.02. The number of hydrogen-bond acceptors (Lipinski definition) is 3. The van der Waals surface area contributed by atoms with Crippen LogP contribution in [0.15, 0.2) is 48.7 Å². The molecule has 104 valence electrons. The Balaban J connectivity index is 1.99. The Morgan fingerprint density at radius 1 is 1.19 bits per heavy atom.